The van der Waals surface area contributed by atoms with Crippen LogP contribution >= 0.6 is 11.3 Å². The summed E-state index contributed by atoms with van der Waals surface area (Å²) in [4.78, 5) is 0. The quantitative estimate of drug-likeness (QED) is 0.892. The summed E-state index contributed by atoms with van der Waals surface area (Å²) in [5, 5.41) is 8.39. The molecule has 1 N–H and O–H groups in total. The number of aryl methyl sites for hydroxylation is 1. The van der Waals surface area contributed by atoms with Gasteiger partial charge in [-0.1, -0.05) is 6.07 Å². The number of sulfone groups is 1. The van der Waals surface area contributed by atoms with Gasteiger partial charge >= 0.3 is 0 Å². The van der Waals surface area contributed by atoms with Crippen molar-refractivity contribution in [1.82, 2.24) is 10.2 Å². The number of nitrogens with one attached hydrogen (secondary N) is 1. The van der Waals surface area contributed by atoms with E-state index in [2.05, 4.69) is 10.2 Å². The van der Waals surface area contributed by atoms with E-state index in [9.17, 15) is 8.42 Å². The number of hydrogen-bond acceptors (Lipinski definition) is 4. The summed E-state index contributed by atoms with van der Waals surface area (Å²) >= 11 is 1.23. The van der Waals surface area contributed by atoms with E-state index >= 15 is 0 Å². The van der Waals surface area contributed by atoms with E-state index in [1.54, 1.807) is 23.6 Å². The van der Waals surface area contributed by atoms with Crippen LogP contribution in [0.5, 0.6) is 0 Å². The molecule has 6 heteroatoms. The van der Waals surface area contributed by atoms with E-state index < -0.39 is 9.84 Å². The molecule has 2 aromatic rings. The summed E-state index contributed by atoms with van der Waals surface area (Å²) in [5.41, 5.74) is 1.42. The third-order valence-electron chi connectivity index (χ3n) is 1.90. The van der Waals surface area contributed by atoms with Crippen LogP contribution in [0.25, 0.3) is 0 Å². The minimum atomic E-state index is -3.22. The second-order valence-electron chi connectivity index (χ2n) is 3.23. The van der Waals surface area contributed by atoms with Gasteiger partial charge in [0.2, 0.25) is 0 Å². The van der Waals surface area contributed by atoms with Gasteiger partial charge in [-0.05, 0) is 24.4 Å². The van der Waals surface area contributed by atoms with Crippen molar-refractivity contribution in [3.8, 4) is 0 Å². The van der Waals surface area contributed by atoms with Crippen molar-refractivity contribution < 1.29 is 8.42 Å². The maximum Gasteiger partial charge on any atom is 0.193 e. The van der Waals surface area contributed by atoms with Gasteiger partial charge in [0.05, 0.1) is 11.4 Å². The Morgan fingerprint density at radius 3 is 2.87 bits per heavy atom. The summed E-state index contributed by atoms with van der Waals surface area (Å²) in [7, 11) is -3.22. The Balaban J connectivity index is 2.26. The van der Waals surface area contributed by atoms with Crippen LogP contribution in [0.1, 0.15) is 11.4 Å². The Kier molecular flexibility index (Phi) is 2.62. The van der Waals surface area contributed by atoms with E-state index in [1.165, 1.54) is 11.3 Å². The smallest absolute Gasteiger partial charge is 0.193 e. The molecule has 15 heavy (non-hydrogen) atoms. The monoisotopic (exact) mass is 242 g/mol. The largest absolute Gasteiger partial charge is 0.283 e. The predicted molar refractivity (Wildman–Crippen MR) is 58.5 cm³/mol. The molecule has 0 aliphatic heterocycles. The first-order chi connectivity index (χ1) is 7.08. The molecule has 0 aliphatic rings. The summed E-state index contributed by atoms with van der Waals surface area (Å²) < 4.78 is 24.0. The highest BCUT2D eigenvalue weighted by Gasteiger charge is 2.17. The van der Waals surface area contributed by atoms with Crippen molar-refractivity contribution in [3.05, 3.63) is 35.0 Å². The lowest BCUT2D eigenvalue weighted by molar-refractivity contribution is 0.596. The summed E-state index contributed by atoms with van der Waals surface area (Å²) in [6.07, 6.45) is 0. The van der Waals surface area contributed by atoms with Gasteiger partial charge in [0, 0.05) is 5.69 Å². The van der Waals surface area contributed by atoms with Gasteiger partial charge in [-0.15, -0.1) is 11.3 Å². The SMILES string of the molecule is Cc1cc(CS(=O)(=O)c2cccs2)n[nH]1. The number of aromatic nitrogens is 2. The first-order valence-electron chi connectivity index (χ1n) is 4.35. The summed E-state index contributed by atoms with van der Waals surface area (Å²) in [6, 6.07) is 5.08. The Morgan fingerprint density at radius 1 is 1.53 bits per heavy atom. The fraction of sp³-hybridized carbons (Fsp3) is 0.222. The molecule has 0 unspecified atom stereocenters. The highest BCUT2D eigenvalue weighted by Crippen LogP contribution is 2.20. The maximum absolute atomic E-state index is 11.8. The van der Waals surface area contributed by atoms with Crippen LogP contribution in [0.15, 0.2) is 27.8 Å². The molecule has 80 valence electrons. The molecule has 0 aromatic carbocycles. The third-order valence-corrected chi connectivity index (χ3v) is 5.04. The first kappa shape index (κ1) is 10.4. The molecule has 0 saturated heterocycles. The lowest BCUT2D eigenvalue weighted by Crippen LogP contribution is -2.03. The zero-order valence-corrected chi connectivity index (χ0v) is 9.73. The Morgan fingerprint density at radius 2 is 2.33 bits per heavy atom. The molecule has 2 aromatic heterocycles. The van der Waals surface area contributed by atoms with Crippen molar-refractivity contribution >= 4 is 21.2 Å². The number of rotatable bonds is 3. The van der Waals surface area contributed by atoms with E-state index in [0.717, 1.165) is 5.69 Å². The normalized spacial score (nSPS) is 11.8. The highest BCUT2D eigenvalue weighted by atomic mass is 32.2. The van der Waals surface area contributed by atoms with Crippen LogP contribution in [-0.4, -0.2) is 18.6 Å². The Hall–Kier alpha value is -1.14. The van der Waals surface area contributed by atoms with Gasteiger partial charge in [-0.2, -0.15) is 5.10 Å². The molecule has 2 rings (SSSR count). The van der Waals surface area contributed by atoms with Crippen LogP contribution in [0, 0.1) is 6.92 Å². The van der Waals surface area contributed by atoms with Crippen LogP contribution in [0.2, 0.25) is 0 Å². The van der Waals surface area contributed by atoms with Gasteiger partial charge in [0.25, 0.3) is 0 Å². The van der Waals surface area contributed by atoms with Crippen molar-refractivity contribution in [2.45, 2.75) is 16.9 Å². The molecule has 4 nitrogen and oxygen atoms in total. The molecule has 0 amide bonds. The van der Waals surface area contributed by atoms with Gasteiger partial charge < -0.3 is 0 Å². The molecule has 0 spiro atoms. The summed E-state index contributed by atoms with van der Waals surface area (Å²) in [5.74, 6) is -0.0438. The van der Waals surface area contributed by atoms with E-state index in [-0.39, 0.29) is 5.75 Å². The second-order valence-corrected chi connectivity index (χ2v) is 6.40. The number of H-pyrrole nitrogens is 1. The molecule has 0 fully saturated rings. The number of hydrogen-bond donors (Lipinski definition) is 1. The topological polar surface area (TPSA) is 62.8 Å². The van der Waals surface area contributed by atoms with E-state index in [1.807, 2.05) is 6.92 Å². The second kappa shape index (κ2) is 3.79. The third kappa shape index (κ3) is 2.27. The molecule has 2 heterocycles. The molecule has 0 radical (unpaired) electrons. The minimum absolute atomic E-state index is 0.0438. The van der Waals surface area contributed by atoms with Gasteiger partial charge in [0.1, 0.15) is 4.21 Å². The van der Waals surface area contributed by atoms with Crippen molar-refractivity contribution in [2.75, 3.05) is 0 Å². The zero-order valence-electron chi connectivity index (χ0n) is 8.10. The van der Waals surface area contributed by atoms with Gasteiger partial charge in [-0.25, -0.2) is 8.42 Å². The molecular formula is C9H10N2O2S2. The molecular weight excluding hydrogens is 232 g/mol. The van der Waals surface area contributed by atoms with Crippen LogP contribution in [0.3, 0.4) is 0 Å². The molecule has 0 bridgehead atoms. The lowest BCUT2D eigenvalue weighted by Gasteiger charge is -1.97. The average Bonchev–Trinajstić information content (AvgIpc) is 2.75. The summed E-state index contributed by atoms with van der Waals surface area (Å²) in [6.45, 7) is 1.84. The predicted octanol–water partition coefficient (Wildman–Crippen LogP) is 1.75. The molecule has 0 aliphatic carbocycles. The Labute approximate surface area is 91.9 Å². The fourth-order valence-corrected chi connectivity index (χ4v) is 3.60. The number of thiophene rings is 1. The fourth-order valence-electron chi connectivity index (χ4n) is 1.25. The van der Waals surface area contributed by atoms with Crippen LogP contribution < -0.4 is 0 Å². The van der Waals surface area contributed by atoms with E-state index in [0.29, 0.717) is 9.90 Å². The van der Waals surface area contributed by atoms with Crippen LogP contribution in [-0.2, 0) is 15.6 Å². The average molecular weight is 242 g/mol. The minimum Gasteiger partial charge on any atom is -0.283 e. The van der Waals surface area contributed by atoms with Gasteiger partial charge in [-0.3, -0.25) is 5.10 Å². The highest BCUT2D eigenvalue weighted by molar-refractivity contribution is 7.92. The van der Waals surface area contributed by atoms with Crippen molar-refractivity contribution in [1.29, 1.82) is 0 Å². The van der Waals surface area contributed by atoms with Crippen LogP contribution in [0.4, 0.5) is 0 Å². The molecule has 0 atom stereocenters. The lowest BCUT2D eigenvalue weighted by atomic mass is 10.4. The number of nitrogens with zero attached hydrogens (tertiary/aromatic N) is 1. The Bertz CT molecular complexity index is 540. The zero-order chi connectivity index (χ0) is 10.9. The first-order valence-corrected chi connectivity index (χ1v) is 6.88. The van der Waals surface area contributed by atoms with Crippen molar-refractivity contribution in [2.24, 2.45) is 0 Å². The van der Waals surface area contributed by atoms with E-state index in [4.69, 9.17) is 0 Å². The maximum atomic E-state index is 11.8. The number of aromatic amines is 1. The van der Waals surface area contributed by atoms with Crippen molar-refractivity contribution in [3.63, 3.8) is 0 Å². The standard InChI is InChI=1S/C9H10N2O2S2/c1-7-5-8(11-10-7)6-15(12,13)9-3-2-4-14-9/h2-5H,6H2,1H3,(H,10,11). The molecule has 0 saturated carbocycles. The van der Waals surface area contributed by atoms with Gasteiger partial charge in [0.15, 0.2) is 9.84 Å².